The third-order valence-electron chi connectivity index (χ3n) is 7.26. The number of hydrogen-bond donors (Lipinski definition) is 2. The maximum absolute atomic E-state index is 13.2. The first-order valence-corrected chi connectivity index (χ1v) is 14.5. The van der Waals surface area contributed by atoms with Crippen LogP contribution in [0.15, 0.2) is 36.4 Å². The van der Waals surface area contributed by atoms with Gasteiger partial charge in [-0.25, -0.2) is 4.98 Å². The van der Waals surface area contributed by atoms with Crippen molar-refractivity contribution in [3.8, 4) is 17.2 Å². The minimum Gasteiger partial charge on any atom is -0.486 e. The van der Waals surface area contributed by atoms with Gasteiger partial charge in [-0.05, 0) is 37.6 Å². The number of rotatable bonds is 9. The van der Waals surface area contributed by atoms with E-state index in [1.54, 1.807) is 6.07 Å². The first-order chi connectivity index (χ1) is 19.4. The van der Waals surface area contributed by atoms with E-state index < -0.39 is 6.10 Å². The zero-order chi connectivity index (χ0) is 28.2. The van der Waals surface area contributed by atoms with Crippen LogP contribution in [0.2, 0.25) is 10.0 Å². The first-order valence-electron chi connectivity index (χ1n) is 13.7. The molecular weight excluding hydrogens is 553 g/mol. The van der Waals surface area contributed by atoms with Gasteiger partial charge in [0, 0.05) is 51.8 Å². The predicted molar refractivity (Wildman–Crippen MR) is 157 cm³/mol. The highest BCUT2D eigenvalue weighted by Crippen LogP contribution is 2.34. The van der Waals surface area contributed by atoms with Crippen LogP contribution in [0.4, 0.5) is 5.69 Å². The third kappa shape index (κ3) is 6.17. The number of imidazole rings is 1. The van der Waals surface area contributed by atoms with Crippen molar-refractivity contribution >= 4 is 34.8 Å². The van der Waals surface area contributed by atoms with Crippen LogP contribution in [0.1, 0.15) is 35.4 Å². The van der Waals surface area contributed by atoms with E-state index in [0.29, 0.717) is 47.0 Å². The number of nitrogens with zero attached hydrogens (tertiary/aromatic N) is 4. The summed E-state index contributed by atoms with van der Waals surface area (Å²) in [6.07, 6.45) is 0.898. The Morgan fingerprint density at radius 3 is 2.60 bits per heavy atom. The molecule has 214 valence electrons. The van der Waals surface area contributed by atoms with Crippen molar-refractivity contribution in [1.82, 2.24) is 19.8 Å². The lowest BCUT2D eigenvalue weighted by molar-refractivity contribution is 0.0847. The summed E-state index contributed by atoms with van der Waals surface area (Å²) in [6.45, 7) is 8.69. The SMILES string of the molecule is CCCc1nc(C(=O)NCC(O)CN2CCN(c3cccc(Cl)c3Cl)CC2)c(C)n1-c1ccc2c(c1)OCCO2. The molecule has 40 heavy (non-hydrogen) atoms. The van der Waals surface area contributed by atoms with Crippen molar-refractivity contribution in [2.75, 3.05) is 57.4 Å². The summed E-state index contributed by atoms with van der Waals surface area (Å²) >= 11 is 12.6. The lowest BCUT2D eigenvalue weighted by Crippen LogP contribution is -2.50. The number of fused-ring (bicyclic) bond motifs is 1. The number of amides is 1. The average molecular weight is 589 g/mol. The molecule has 9 nitrogen and oxygen atoms in total. The summed E-state index contributed by atoms with van der Waals surface area (Å²) < 4.78 is 13.4. The number of nitrogens with one attached hydrogen (secondary N) is 1. The topological polar surface area (TPSA) is 92.1 Å². The molecule has 0 spiro atoms. The fourth-order valence-corrected chi connectivity index (χ4v) is 5.66. The van der Waals surface area contributed by atoms with Gasteiger partial charge in [0.05, 0.1) is 33.2 Å². The Hall–Kier alpha value is -2.98. The Bertz CT molecular complexity index is 1360. The number of aromatic nitrogens is 2. The van der Waals surface area contributed by atoms with Crippen molar-refractivity contribution in [3.05, 3.63) is 63.7 Å². The van der Waals surface area contributed by atoms with Gasteiger partial charge < -0.3 is 29.4 Å². The minimum absolute atomic E-state index is 0.138. The summed E-state index contributed by atoms with van der Waals surface area (Å²) in [5.41, 5.74) is 2.89. The highest BCUT2D eigenvalue weighted by atomic mass is 35.5. The summed E-state index contributed by atoms with van der Waals surface area (Å²) in [5.74, 6) is 1.90. The number of β-amino-alcohol motifs (C(OH)–C–C–N with tert-alkyl or cyclic N) is 1. The molecule has 1 saturated heterocycles. The molecule has 5 rings (SSSR count). The summed E-state index contributed by atoms with van der Waals surface area (Å²) in [6, 6.07) is 11.4. The number of carbonyl (C=O) groups excluding carboxylic acids is 1. The first kappa shape index (κ1) is 28.5. The number of carbonyl (C=O) groups is 1. The molecule has 1 amide bonds. The standard InChI is InChI=1S/C29H35Cl2N5O4/c1-3-5-26-33-28(19(2)36(26)20-8-9-24-25(16-20)40-15-14-39-24)29(38)32-17-21(37)18-34-10-12-35(13-11-34)23-7-4-6-22(30)27(23)31/h4,6-9,16,21,37H,3,5,10-15,17-18H2,1-2H3,(H,32,38). The average Bonchev–Trinajstić information content (AvgIpc) is 3.29. The van der Waals surface area contributed by atoms with Gasteiger partial charge in [0.1, 0.15) is 24.7 Å². The molecule has 2 aliphatic rings. The molecule has 1 aromatic heterocycles. The Morgan fingerprint density at radius 2 is 1.85 bits per heavy atom. The van der Waals surface area contributed by atoms with Gasteiger partial charge in [-0.2, -0.15) is 0 Å². The van der Waals surface area contributed by atoms with Crippen LogP contribution in [0, 0.1) is 6.92 Å². The van der Waals surface area contributed by atoms with Gasteiger partial charge in [0.15, 0.2) is 11.5 Å². The Kier molecular flexibility index (Phi) is 9.05. The number of aliphatic hydroxyl groups excluding tert-OH is 1. The number of halogens is 2. The quantitative estimate of drug-likeness (QED) is 0.389. The van der Waals surface area contributed by atoms with E-state index in [9.17, 15) is 9.90 Å². The smallest absolute Gasteiger partial charge is 0.271 e. The van der Waals surface area contributed by atoms with Gasteiger partial charge in [0.25, 0.3) is 5.91 Å². The second kappa shape index (κ2) is 12.7. The zero-order valence-corrected chi connectivity index (χ0v) is 24.3. The molecule has 0 radical (unpaired) electrons. The molecule has 0 aliphatic carbocycles. The molecule has 1 fully saturated rings. The Labute approximate surface area is 244 Å². The summed E-state index contributed by atoms with van der Waals surface area (Å²) in [5, 5.41) is 14.7. The monoisotopic (exact) mass is 587 g/mol. The number of anilines is 1. The van der Waals surface area contributed by atoms with Crippen molar-refractivity contribution in [2.45, 2.75) is 32.8 Å². The molecule has 11 heteroatoms. The number of benzene rings is 2. The van der Waals surface area contributed by atoms with Gasteiger partial charge >= 0.3 is 0 Å². The molecule has 0 saturated carbocycles. The molecule has 3 heterocycles. The zero-order valence-electron chi connectivity index (χ0n) is 22.8. The van der Waals surface area contributed by atoms with E-state index in [-0.39, 0.29) is 12.5 Å². The molecule has 3 aromatic rings. The fourth-order valence-electron chi connectivity index (χ4n) is 5.24. The number of hydrogen-bond acceptors (Lipinski definition) is 7. The van der Waals surface area contributed by atoms with Crippen LogP contribution in [-0.2, 0) is 6.42 Å². The van der Waals surface area contributed by atoms with E-state index in [2.05, 4.69) is 22.0 Å². The second-order valence-electron chi connectivity index (χ2n) is 10.1. The Balaban J connectivity index is 1.19. The molecule has 2 N–H and O–H groups in total. The Morgan fingerprint density at radius 1 is 1.10 bits per heavy atom. The van der Waals surface area contributed by atoms with Crippen LogP contribution in [0.25, 0.3) is 5.69 Å². The highest BCUT2D eigenvalue weighted by molar-refractivity contribution is 6.43. The summed E-state index contributed by atoms with van der Waals surface area (Å²) in [7, 11) is 0. The normalized spacial score (nSPS) is 16.2. The third-order valence-corrected chi connectivity index (χ3v) is 8.07. The largest absolute Gasteiger partial charge is 0.486 e. The number of piperazine rings is 1. The van der Waals surface area contributed by atoms with Crippen LogP contribution in [0.3, 0.4) is 0 Å². The highest BCUT2D eigenvalue weighted by Gasteiger charge is 2.24. The minimum atomic E-state index is -0.708. The van der Waals surface area contributed by atoms with E-state index in [1.807, 2.05) is 41.8 Å². The number of ether oxygens (including phenoxy) is 2. The molecule has 1 atom stereocenters. The van der Waals surface area contributed by atoms with Crippen molar-refractivity contribution in [3.63, 3.8) is 0 Å². The lowest BCUT2D eigenvalue weighted by atomic mass is 10.2. The molecule has 2 aromatic carbocycles. The number of aryl methyl sites for hydroxylation is 1. The van der Waals surface area contributed by atoms with Gasteiger partial charge in [-0.15, -0.1) is 0 Å². The maximum atomic E-state index is 13.2. The molecule has 2 aliphatic heterocycles. The van der Waals surface area contributed by atoms with Crippen LogP contribution in [-0.4, -0.2) is 84.1 Å². The summed E-state index contributed by atoms with van der Waals surface area (Å²) in [4.78, 5) is 22.3. The second-order valence-corrected chi connectivity index (χ2v) is 10.9. The van der Waals surface area contributed by atoms with Crippen LogP contribution in [0.5, 0.6) is 11.5 Å². The van der Waals surface area contributed by atoms with E-state index in [0.717, 1.165) is 61.9 Å². The lowest BCUT2D eigenvalue weighted by Gasteiger charge is -2.37. The van der Waals surface area contributed by atoms with Crippen LogP contribution >= 0.6 is 23.2 Å². The van der Waals surface area contributed by atoms with Crippen molar-refractivity contribution in [1.29, 1.82) is 0 Å². The maximum Gasteiger partial charge on any atom is 0.271 e. The van der Waals surface area contributed by atoms with Gasteiger partial charge in [0.2, 0.25) is 0 Å². The van der Waals surface area contributed by atoms with Gasteiger partial charge in [-0.1, -0.05) is 36.2 Å². The number of aliphatic hydroxyl groups is 1. The van der Waals surface area contributed by atoms with Crippen molar-refractivity contribution < 1.29 is 19.4 Å². The van der Waals surface area contributed by atoms with Gasteiger partial charge in [-0.3, -0.25) is 9.69 Å². The molecule has 0 bridgehead atoms. The van der Waals surface area contributed by atoms with E-state index in [4.69, 9.17) is 37.7 Å². The van der Waals surface area contributed by atoms with E-state index in [1.165, 1.54) is 0 Å². The predicted octanol–water partition coefficient (Wildman–Crippen LogP) is 4.12. The molecule has 1 unspecified atom stereocenters. The van der Waals surface area contributed by atoms with Crippen LogP contribution < -0.4 is 19.7 Å². The van der Waals surface area contributed by atoms with E-state index >= 15 is 0 Å². The fraction of sp³-hybridized carbons (Fsp3) is 0.448. The van der Waals surface area contributed by atoms with Crippen molar-refractivity contribution in [2.24, 2.45) is 0 Å². The molecular formula is C29H35Cl2N5O4.